The molecular weight excluding hydrogens is 511 g/mol. The summed E-state index contributed by atoms with van der Waals surface area (Å²) in [5.41, 5.74) is 1.39. The van der Waals surface area contributed by atoms with Crippen molar-refractivity contribution in [2.24, 2.45) is 0 Å². The highest BCUT2D eigenvalue weighted by Gasteiger charge is 2.26. The van der Waals surface area contributed by atoms with Gasteiger partial charge < -0.3 is 15.5 Å². The number of carbonyl (C=O) groups excluding carboxylic acids is 2. The van der Waals surface area contributed by atoms with Crippen molar-refractivity contribution in [3.05, 3.63) is 63.6 Å². The Hall–Kier alpha value is -2.49. The molecular formula is C24H30Cl2N4O4S. The highest BCUT2D eigenvalue weighted by Crippen LogP contribution is 2.29. The molecule has 2 N–H and O–H groups in total. The Morgan fingerprint density at radius 1 is 1.11 bits per heavy atom. The molecule has 1 saturated heterocycles. The van der Waals surface area contributed by atoms with Crippen LogP contribution in [0.1, 0.15) is 41.6 Å². The second-order valence-corrected chi connectivity index (χ2v) is 11.2. The third-order valence-electron chi connectivity index (χ3n) is 6.03. The zero-order valence-electron chi connectivity index (χ0n) is 19.8. The van der Waals surface area contributed by atoms with Crippen LogP contribution in [0.5, 0.6) is 0 Å². The number of hydrogen-bond donors (Lipinski definition) is 2. The van der Waals surface area contributed by atoms with Crippen LogP contribution in [0.4, 0.5) is 10.5 Å². The lowest BCUT2D eigenvalue weighted by Crippen LogP contribution is -2.48. The van der Waals surface area contributed by atoms with Crippen molar-refractivity contribution in [1.29, 1.82) is 0 Å². The lowest BCUT2D eigenvalue weighted by atomic mass is 9.99. The van der Waals surface area contributed by atoms with Crippen molar-refractivity contribution < 1.29 is 18.0 Å². The smallest absolute Gasteiger partial charge is 0.317 e. The number of rotatable bonds is 8. The third-order valence-corrected chi connectivity index (χ3v) is 8.03. The van der Waals surface area contributed by atoms with E-state index in [0.29, 0.717) is 39.8 Å². The van der Waals surface area contributed by atoms with Crippen molar-refractivity contribution >= 4 is 50.9 Å². The fourth-order valence-corrected chi connectivity index (χ4v) is 5.43. The maximum Gasteiger partial charge on any atom is 0.317 e. The number of nitrogens with one attached hydrogen (secondary N) is 2. The van der Waals surface area contributed by atoms with Gasteiger partial charge in [-0.25, -0.2) is 13.2 Å². The van der Waals surface area contributed by atoms with Crippen LogP contribution in [0.15, 0.2) is 42.5 Å². The van der Waals surface area contributed by atoms with Crippen molar-refractivity contribution in [3.8, 4) is 0 Å². The molecule has 190 valence electrons. The molecule has 1 heterocycles. The number of nitrogens with zero attached hydrogens (tertiary/aromatic N) is 2. The molecule has 0 spiro atoms. The number of likely N-dealkylation sites (tertiary alicyclic amines) is 1. The van der Waals surface area contributed by atoms with E-state index in [1.807, 2.05) is 4.90 Å². The molecule has 2 aromatic carbocycles. The molecule has 0 radical (unpaired) electrons. The Bertz CT molecular complexity index is 1160. The first-order valence-corrected chi connectivity index (χ1v) is 14.0. The van der Waals surface area contributed by atoms with Gasteiger partial charge in [0.1, 0.15) is 0 Å². The minimum absolute atomic E-state index is 0.00694. The molecule has 1 fully saturated rings. The molecule has 2 aromatic rings. The van der Waals surface area contributed by atoms with Gasteiger partial charge in [0, 0.05) is 31.7 Å². The van der Waals surface area contributed by atoms with Gasteiger partial charge in [-0.15, -0.1) is 0 Å². The van der Waals surface area contributed by atoms with Crippen molar-refractivity contribution in [2.75, 3.05) is 30.7 Å². The first-order valence-electron chi connectivity index (χ1n) is 11.4. The van der Waals surface area contributed by atoms with Crippen LogP contribution in [-0.2, 0) is 16.6 Å². The Morgan fingerprint density at radius 3 is 2.49 bits per heavy atom. The number of carbonyl (C=O) groups is 2. The van der Waals surface area contributed by atoms with Gasteiger partial charge in [0.25, 0.3) is 5.91 Å². The van der Waals surface area contributed by atoms with Gasteiger partial charge in [-0.1, -0.05) is 35.3 Å². The molecule has 3 amide bonds. The van der Waals surface area contributed by atoms with Crippen LogP contribution in [0.25, 0.3) is 0 Å². The summed E-state index contributed by atoms with van der Waals surface area (Å²) in [5.74, 6) is -0.261. The van der Waals surface area contributed by atoms with Gasteiger partial charge in [0.2, 0.25) is 10.0 Å². The number of hydrogen-bond acceptors (Lipinski definition) is 4. The van der Waals surface area contributed by atoms with Crippen molar-refractivity contribution in [2.45, 2.75) is 38.3 Å². The predicted octanol–water partition coefficient (Wildman–Crippen LogP) is 4.27. The summed E-state index contributed by atoms with van der Waals surface area (Å²) in [5, 5.41) is 6.21. The van der Waals surface area contributed by atoms with Gasteiger partial charge >= 0.3 is 6.03 Å². The summed E-state index contributed by atoms with van der Waals surface area (Å²) in [4.78, 5) is 26.5. The fraction of sp³-hybridized carbons (Fsp3) is 0.417. The minimum Gasteiger partial charge on any atom is -0.352 e. The second kappa shape index (κ2) is 12.0. The van der Waals surface area contributed by atoms with Crippen molar-refractivity contribution in [3.63, 3.8) is 0 Å². The van der Waals surface area contributed by atoms with Crippen LogP contribution in [0, 0.1) is 0 Å². The second-order valence-electron chi connectivity index (χ2n) is 8.47. The van der Waals surface area contributed by atoms with Crippen LogP contribution >= 0.6 is 23.2 Å². The Kier molecular flexibility index (Phi) is 9.27. The third kappa shape index (κ3) is 7.02. The number of anilines is 1. The number of piperidine rings is 1. The van der Waals surface area contributed by atoms with E-state index in [9.17, 15) is 18.0 Å². The molecule has 8 nitrogen and oxygen atoms in total. The van der Waals surface area contributed by atoms with E-state index in [2.05, 4.69) is 10.6 Å². The lowest BCUT2D eigenvalue weighted by Gasteiger charge is -2.35. The Morgan fingerprint density at radius 2 is 1.83 bits per heavy atom. The molecule has 1 aliphatic rings. The molecule has 1 aliphatic heterocycles. The van der Waals surface area contributed by atoms with Crippen LogP contribution < -0.4 is 14.9 Å². The van der Waals surface area contributed by atoms with E-state index >= 15 is 0 Å². The van der Waals surface area contributed by atoms with E-state index in [0.717, 1.165) is 32.1 Å². The topological polar surface area (TPSA) is 98.8 Å². The fourth-order valence-electron chi connectivity index (χ4n) is 4.17. The number of urea groups is 1. The van der Waals surface area contributed by atoms with Gasteiger partial charge in [-0.3, -0.25) is 9.10 Å². The summed E-state index contributed by atoms with van der Waals surface area (Å²) in [6.45, 7) is 1.16. The molecule has 1 atom stereocenters. The van der Waals surface area contributed by atoms with Crippen LogP contribution in [0.2, 0.25) is 10.0 Å². The molecule has 3 rings (SSSR count). The molecule has 11 heteroatoms. The first kappa shape index (κ1) is 27.1. The van der Waals surface area contributed by atoms with Gasteiger partial charge in [0.15, 0.2) is 0 Å². The maximum atomic E-state index is 12.6. The predicted molar refractivity (Wildman–Crippen MR) is 140 cm³/mol. The van der Waals surface area contributed by atoms with Gasteiger partial charge in [-0.05, 0) is 61.6 Å². The monoisotopic (exact) mass is 540 g/mol. The summed E-state index contributed by atoms with van der Waals surface area (Å²) < 4.78 is 26.2. The van der Waals surface area contributed by atoms with E-state index in [1.165, 1.54) is 4.31 Å². The highest BCUT2D eigenvalue weighted by molar-refractivity contribution is 7.92. The molecule has 0 aliphatic carbocycles. The SMILES string of the molecule is CNC(=O)N1CCCCC1CCNC(=O)c1ccc(N(Cc2cccc(Cl)c2Cl)S(C)(=O)=O)cc1. The molecule has 1 unspecified atom stereocenters. The summed E-state index contributed by atoms with van der Waals surface area (Å²) in [7, 11) is -2.01. The minimum atomic E-state index is -3.63. The zero-order valence-corrected chi connectivity index (χ0v) is 22.1. The summed E-state index contributed by atoms with van der Waals surface area (Å²) >= 11 is 12.3. The van der Waals surface area contributed by atoms with E-state index in [-0.39, 0.29) is 24.5 Å². The zero-order chi connectivity index (χ0) is 25.6. The number of benzene rings is 2. The average Bonchev–Trinajstić information content (AvgIpc) is 2.84. The maximum absolute atomic E-state index is 12.6. The van der Waals surface area contributed by atoms with Gasteiger partial charge in [0.05, 0.1) is 28.5 Å². The van der Waals surface area contributed by atoms with E-state index in [1.54, 1.807) is 49.5 Å². The molecule has 0 aromatic heterocycles. The quantitative estimate of drug-likeness (QED) is 0.522. The summed E-state index contributed by atoms with van der Waals surface area (Å²) in [6, 6.07) is 11.4. The van der Waals surface area contributed by atoms with Gasteiger partial charge in [-0.2, -0.15) is 0 Å². The average molecular weight is 542 g/mol. The Balaban J connectivity index is 1.64. The highest BCUT2D eigenvalue weighted by atomic mass is 35.5. The van der Waals surface area contributed by atoms with Crippen LogP contribution in [-0.4, -0.2) is 57.7 Å². The van der Waals surface area contributed by atoms with Crippen LogP contribution in [0.3, 0.4) is 0 Å². The molecule has 0 saturated carbocycles. The number of halogens is 2. The van der Waals surface area contributed by atoms with Crippen molar-refractivity contribution in [1.82, 2.24) is 15.5 Å². The number of sulfonamides is 1. The molecule has 0 bridgehead atoms. The standard InChI is InChI=1S/C24H30Cl2N4O4S/c1-27-24(32)29-15-4-3-7-19(29)13-14-28-23(31)17-9-11-20(12-10-17)30(35(2,33)34)16-18-6-5-8-21(25)22(18)26/h5-6,8-12,19H,3-4,7,13-16H2,1-2H3,(H,27,32)(H,28,31). The number of amides is 3. The lowest BCUT2D eigenvalue weighted by molar-refractivity contribution is 0.0946. The Labute approximate surface area is 216 Å². The summed E-state index contributed by atoms with van der Waals surface area (Å²) in [6.07, 6.45) is 4.73. The van der Waals surface area contributed by atoms with E-state index in [4.69, 9.17) is 23.2 Å². The largest absolute Gasteiger partial charge is 0.352 e. The molecule has 35 heavy (non-hydrogen) atoms. The normalized spacial score (nSPS) is 16.0. The first-order chi connectivity index (χ1) is 16.6. The van der Waals surface area contributed by atoms with E-state index < -0.39 is 10.0 Å².